The lowest BCUT2D eigenvalue weighted by atomic mass is 9.33. The monoisotopic (exact) mass is 524 g/mol. The summed E-state index contributed by atoms with van der Waals surface area (Å²) in [5.74, 6) is 2.16. The minimum Gasteiger partial charge on any atom is -0.462 e. The Morgan fingerprint density at radius 3 is 2.29 bits per heavy atom. The fourth-order valence-electron chi connectivity index (χ4n) is 11.4. The van der Waals surface area contributed by atoms with Crippen LogP contribution in [0.15, 0.2) is 11.6 Å². The number of rotatable bonds is 5. The smallest absolute Gasteiger partial charge is 0.306 e. The predicted octanol–water partition coefficient (Wildman–Crippen LogP) is 10.3. The molecule has 2 heteroatoms. The lowest BCUT2D eigenvalue weighted by Gasteiger charge is -2.71. The van der Waals surface area contributed by atoms with Crippen molar-refractivity contribution in [3.63, 3.8) is 0 Å². The van der Waals surface area contributed by atoms with Crippen molar-refractivity contribution >= 4 is 5.97 Å². The van der Waals surface area contributed by atoms with Gasteiger partial charge in [0.25, 0.3) is 0 Å². The largest absolute Gasteiger partial charge is 0.462 e. The van der Waals surface area contributed by atoms with E-state index < -0.39 is 0 Å². The summed E-state index contributed by atoms with van der Waals surface area (Å²) in [6.07, 6.45) is 19.8. The van der Waals surface area contributed by atoms with Crippen molar-refractivity contribution < 1.29 is 9.53 Å². The lowest BCUT2D eigenvalue weighted by Crippen LogP contribution is -2.64. The molecule has 0 heterocycles. The fourth-order valence-corrected chi connectivity index (χ4v) is 11.4. The van der Waals surface area contributed by atoms with Gasteiger partial charge in [0.15, 0.2) is 0 Å². The van der Waals surface area contributed by atoms with Crippen molar-refractivity contribution in [2.24, 2.45) is 50.2 Å². The number of unbranched alkanes of at least 4 members (excludes halogenated alkanes) is 2. The van der Waals surface area contributed by atoms with Crippen molar-refractivity contribution in [2.45, 2.75) is 158 Å². The summed E-state index contributed by atoms with van der Waals surface area (Å²) < 4.78 is 6.25. The first-order chi connectivity index (χ1) is 17.6. The van der Waals surface area contributed by atoms with Crippen LogP contribution in [0.1, 0.15) is 152 Å². The summed E-state index contributed by atoms with van der Waals surface area (Å²) in [6, 6.07) is 0. The molecule has 0 radical (unpaired) electrons. The van der Waals surface area contributed by atoms with Crippen molar-refractivity contribution in [1.29, 1.82) is 0 Å². The molecular weight excluding hydrogens is 464 g/mol. The molecule has 5 rings (SSSR count). The average Bonchev–Trinajstić information content (AvgIpc) is 2.82. The van der Waals surface area contributed by atoms with Gasteiger partial charge >= 0.3 is 5.97 Å². The van der Waals surface area contributed by atoms with E-state index in [0.29, 0.717) is 39.4 Å². The molecule has 0 unspecified atom stereocenters. The summed E-state index contributed by atoms with van der Waals surface area (Å²) in [6.45, 7) is 22.8. The van der Waals surface area contributed by atoms with Gasteiger partial charge in [0.05, 0.1) is 0 Å². The van der Waals surface area contributed by atoms with Crippen LogP contribution in [-0.4, -0.2) is 12.1 Å². The summed E-state index contributed by atoms with van der Waals surface area (Å²) in [5, 5.41) is 0. The van der Waals surface area contributed by atoms with Gasteiger partial charge in [-0.1, -0.05) is 86.8 Å². The van der Waals surface area contributed by atoms with Crippen LogP contribution in [0.25, 0.3) is 0 Å². The van der Waals surface area contributed by atoms with Gasteiger partial charge in [0, 0.05) is 11.8 Å². The molecule has 0 bridgehead atoms. The Bertz CT molecular complexity index is 958. The highest BCUT2D eigenvalue weighted by Crippen LogP contribution is 2.75. The Morgan fingerprint density at radius 2 is 1.58 bits per heavy atom. The first kappa shape index (κ1) is 28.7. The van der Waals surface area contributed by atoms with Gasteiger partial charge in [-0.25, -0.2) is 0 Å². The second kappa shape index (κ2) is 9.37. The molecule has 38 heavy (non-hydrogen) atoms. The SMILES string of the molecule is CCCCCC(=O)O[C@H]1CC[C@@]2(C)[C@H](CC[C@]3(C)[C@H]2CC=C2[C@@H]4CC(C)(C)CC[C@]4(C)CC[C@]23C)C1(C)C. The van der Waals surface area contributed by atoms with Gasteiger partial charge in [0.2, 0.25) is 0 Å². The second-order valence-electron chi connectivity index (χ2n) is 17.2. The molecule has 0 aromatic heterocycles. The maximum Gasteiger partial charge on any atom is 0.306 e. The topological polar surface area (TPSA) is 26.3 Å². The lowest BCUT2D eigenvalue weighted by molar-refractivity contribution is -0.212. The molecule has 5 aliphatic carbocycles. The van der Waals surface area contributed by atoms with Gasteiger partial charge < -0.3 is 4.74 Å². The Kier molecular flexibility index (Phi) is 7.09. The van der Waals surface area contributed by atoms with E-state index in [0.717, 1.165) is 37.5 Å². The molecule has 0 aliphatic heterocycles. The van der Waals surface area contributed by atoms with E-state index in [1.54, 1.807) is 0 Å². The molecule has 8 atom stereocenters. The summed E-state index contributed by atoms with van der Waals surface area (Å²) in [4.78, 5) is 12.7. The third-order valence-electron chi connectivity index (χ3n) is 14.3. The van der Waals surface area contributed by atoms with Crippen molar-refractivity contribution in [1.82, 2.24) is 0 Å². The average molecular weight is 525 g/mol. The van der Waals surface area contributed by atoms with Gasteiger partial charge in [-0.15, -0.1) is 0 Å². The molecule has 0 aromatic rings. The molecule has 2 nitrogen and oxygen atoms in total. The third kappa shape index (κ3) is 4.19. The Morgan fingerprint density at radius 1 is 0.868 bits per heavy atom. The van der Waals surface area contributed by atoms with E-state index in [9.17, 15) is 4.79 Å². The highest BCUT2D eigenvalue weighted by molar-refractivity contribution is 5.69. The zero-order chi connectivity index (χ0) is 27.8. The molecule has 0 spiro atoms. The Balaban J connectivity index is 1.42. The first-order valence-electron chi connectivity index (χ1n) is 16.5. The van der Waals surface area contributed by atoms with Crippen LogP contribution in [0.5, 0.6) is 0 Å². The number of hydrogen-bond acceptors (Lipinski definition) is 2. The molecule has 4 fully saturated rings. The number of fused-ring (bicyclic) bond motifs is 7. The van der Waals surface area contributed by atoms with Crippen molar-refractivity contribution in [3.05, 3.63) is 11.6 Å². The second-order valence-corrected chi connectivity index (χ2v) is 17.2. The predicted molar refractivity (Wildman–Crippen MR) is 159 cm³/mol. The molecule has 0 saturated heterocycles. The maximum absolute atomic E-state index is 12.7. The van der Waals surface area contributed by atoms with Crippen LogP contribution in [0.4, 0.5) is 0 Å². The van der Waals surface area contributed by atoms with E-state index in [2.05, 4.69) is 68.4 Å². The summed E-state index contributed by atoms with van der Waals surface area (Å²) >= 11 is 0. The summed E-state index contributed by atoms with van der Waals surface area (Å²) in [7, 11) is 0. The van der Waals surface area contributed by atoms with Crippen LogP contribution in [0.2, 0.25) is 0 Å². The van der Waals surface area contributed by atoms with Gasteiger partial charge in [-0.3, -0.25) is 4.79 Å². The number of allylic oxidation sites excluding steroid dienone is 2. The molecule has 0 aromatic carbocycles. The molecular formula is C36H60O2. The van der Waals surface area contributed by atoms with E-state index in [-0.39, 0.29) is 17.5 Å². The van der Waals surface area contributed by atoms with Gasteiger partial charge in [0.1, 0.15) is 6.10 Å². The van der Waals surface area contributed by atoms with Gasteiger partial charge in [-0.2, -0.15) is 0 Å². The van der Waals surface area contributed by atoms with Crippen LogP contribution < -0.4 is 0 Å². The zero-order valence-electron chi connectivity index (χ0n) is 26.6. The van der Waals surface area contributed by atoms with E-state index in [1.165, 1.54) is 57.8 Å². The maximum atomic E-state index is 12.7. The number of hydrogen-bond donors (Lipinski definition) is 0. The standard InChI is InChI=1S/C36H60O2/c1-10-11-12-13-30(37)38-29-17-18-34(7)27(32(29,4)5)16-19-36(9)28(34)15-14-25-26-24-31(2,3)20-21-33(26,6)22-23-35(25,36)8/h14,26-29H,10-13,15-24H2,1-9H3/t26-,27+,28-,29-,33+,34-,35+,36+/m0/s1. The van der Waals surface area contributed by atoms with Crippen LogP contribution >= 0.6 is 0 Å². The minimum atomic E-state index is 0.0399. The van der Waals surface area contributed by atoms with Crippen LogP contribution in [-0.2, 0) is 9.53 Å². The summed E-state index contributed by atoms with van der Waals surface area (Å²) in [5.41, 5.74) is 3.90. The Hall–Kier alpha value is -0.790. The zero-order valence-corrected chi connectivity index (χ0v) is 26.6. The minimum absolute atomic E-state index is 0.0399. The molecule has 216 valence electrons. The molecule has 4 saturated carbocycles. The molecule has 5 aliphatic rings. The van der Waals surface area contributed by atoms with Crippen molar-refractivity contribution in [3.8, 4) is 0 Å². The van der Waals surface area contributed by atoms with Crippen LogP contribution in [0.3, 0.4) is 0 Å². The van der Waals surface area contributed by atoms with Gasteiger partial charge in [-0.05, 0) is 115 Å². The molecule has 0 N–H and O–H groups in total. The van der Waals surface area contributed by atoms with E-state index >= 15 is 0 Å². The van der Waals surface area contributed by atoms with E-state index in [1.807, 2.05) is 5.57 Å². The van der Waals surface area contributed by atoms with E-state index in [4.69, 9.17) is 4.74 Å². The van der Waals surface area contributed by atoms with Crippen LogP contribution in [0, 0.1) is 50.2 Å². The highest BCUT2D eigenvalue weighted by atomic mass is 16.5. The molecule has 0 amide bonds. The Labute approximate surface area is 235 Å². The number of carbonyl (C=O) groups is 1. The van der Waals surface area contributed by atoms with Crippen molar-refractivity contribution in [2.75, 3.05) is 0 Å². The highest BCUT2D eigenvalue weighted by Gasteiger charge is 2.68. The number of carbonyl (C=O) groups excluding carboxylic acids is 1. The third-order valence-corrected chi connectivity index (χ3v) is 14.3. The normalized spacial score (nSPS) is 47.0. The quantitative estimate of drug-likeness (QED) is 0.203. The number of esters is 1. The fraction of sp³-hybridized carbons (Fsp3) is 0.917. The number of ether oxygens (including phenoxy) is 1. The first-order valence-corrected chi connectivity index (χ1v) is 16.5.